The number of amides is 4. The number of benzene rings is 1. The second-order valence-electron chi connectivity index (χ2n) is 4.32. The van der Waals surface area contributed by atoms with Crippen LogP contribution in [-0.2, 0) is 11.3 Å². The molecule has 1 unspecified atom stereocenters. The molecule has 0 saturated carbocycles. The van der Waals surface area contributed by atoms with Crippen LogP contribution in [0.3, 0.4) is 0 Å². The number of rotatable bonds is 2. The van der Waals surface area contributed by atoms with Crippen LogP contribution in [-0.4, -0.2) is 36.0 Å². The minimum atomic E-state index is -0.946. The lowest BCUT2D eigenvalue weighted by atomic mass is 10.1. The molecule has 19 heavy (non-hydrogen) atoms. The highest BCUT2D eigenvalue weighted by atomic mass is 16.5. The normalized spacial score (nSPS) is 21.2. The predicted molar refractivity (Wildman–Crippen MR) is 63.3 cm³/mol. The SMILES string of the molecule is COc1ccc2c(c1)C(=O)N(C1NC(=O)NC1=O)C2. The molecule has 2 aliphatic rings. The molecule has 2 N–H and O–H groups in total. The number of hydrogen-bond donors (Lipinski definition) is 2. The fraction of sp³-hybridized carbons (Fsp3) is 0.250. The van der Waals surface area contributed by atoms with Crippen LogP contribution in [0, 0.1) is 0 Å². The maximum absolute atomic E-state index is 12.2. The zero-order valence-corrected chi connectivity index (χ0v) is 10.1. The molecule has 0 aliphatic carbocycles. The molecule has 1 aromatic carbocycles. The quantitative estimate of drug-likeness (QED) is 0.723. The van der Waals surface area contributed by atoms with E-state index in [1.807, 2.05) is 0 Å². The number of nitrogens with one attached hydrogen (secondary N) is 2. The van der Waals surface area contributed by atoms with E-state index in [0.717, 1.165) is 5.56 Å². The van der Waals surface area contributed by atoms with E-state index in [0.29, 0.717) is 11.3 Å². The van der Waals surface area contributed by atoms with Gasteiger partial charge in [0.1, 0.15) is 5.75 Å². The van der Waals surface area contributed by atoms with Gasteiger partial charge in [0.25, 0.3) is 11.8 Å². The summed E-state index contributed by atoms with van der Waals surface area (Å²) >= 11 is 0. The third-order valence-electron chi connectivity index (χ3n) is 3.21. The number of imide groups is 1. The lowest BCUT2D eigenvalue weighted by molar-refractivity contribution is -0.123. The van der Waals surface area contributed by atoms with Crippen molar-refractivity contribution in [2.24, 2.45) is 0 Å². The van der Waals surface area contributed by atoms with Crippen LogP contribution in [0.15, 0.2) is 18.2 Å². The molecule has 1 fully saturated rings. The number of carbonyl (C=O) groups excluding carboxylic acids is 3. The maximum Gasteiger partial charge on any atom is 0.323 e. The number of hydrogen-bond acceptors (Lipinski definition) is 4. The first-order chi connectivity index (χ1) is 9.10. The van der Waals surface area contributed by atoms with Crippen molar-refractivity contribution in [1.82, 2.24) is 15.5 Å². The molecule has 3 rings (SSSR count). The third-order valence-corrected chi connectivity index (χ3v) is 3.21. The number of methoxy groups -OCH3 is 1. The Hall–Kier alpha value is -2.57. The Morgan fingerprint density at radius 3 is 2.74 bits per heavy atom. The van der Waals surface area contributed by atoms with E-state index < -0.39 is 18.1 Å². The second kappa shape index (κ2) is 3.98. The molecule has 0 aromatic heterocycles. The summed E-state index contributed by atoms with van der Waals surface area (Å²) < 4.78 is 5.07. The van der Waals surface area contributed by atoms with Gasteiger partial charge in [-0.1, -0.05) is 6.07 Å². The first-order valence-corrected chi connectivity index (χ1v) is 5.69. The summed E-state index contributed by atoms with van der Waals surface area (Å²) in [4.78, 5) is 36.2. The van der Waals surface area contributed by atoms with Crippen LogP contribution in [0.2, 0.25) is 0 Å². The molecule has 7 nitrogen and oxygen atoms in total. The van der Waals surface area contributed by atoms with Gasteiger partial charge >= 0.3 is 6.03 Å². The third kappa shape index (κ3) is 1.70. The van der Waals surface area contributed by atoms with Gasteiger partial charge in [-0.05, 0) is 17.7 Å². The average molecular weight is 261 g/mol. The van der Waals surface area contributed by atoms with Crippen molar-refractivity contribution in [2.45, 2.75) is 12.7 Å². The first kappa shape index (κ1) is 11.5. The van der Waals surface area contributed by atoms with Crippen molar-refractivity contribution in [1.29, 1.82) is 0 Å². The summed E-state index contributed by atoms with van der Waals surface area (Å²) in [6, 6.07) is 4.58. The van der Waals surface area contributed by atoms with Gasteiger partial charge in [-0.15, -0.1) is 0 Å². The average Bonchev–Trinajstić information content (AvgIpc) is 2.89. The minimum Gasteiger partial charge on any atom is -0.497 e. The van der Waals surface area contributed by atoms with E-state index in [4.69, 9.17) is 4.74 Å². The predicted octanol–water partition coefficient (Wildman–Crippen LogP) is -0.184. The van der Waals surface area contributed by atoms with E-state index in [1.54, 1.807) is 18.2 Å². The number of carbonyl (C=O) groups is 3. The molecule has 0 spiro atoms. The van der Waals surface area contributed by atoms with Crippen LogP contribution in [0.5, 0.6) is 5.75 Å². The number of fused-ring (bicyclic) bond motifs is 1. The fourth-order valence-electron chi connectivity index (χ4n) is 2.26. The van der Waals surface area contributed by atoms with E-state index in [9.17, 15) is 14.4 Å². The molecule has 7 heteroatoms. The summed E-state index contributed by atoms with van der Waals surface area (Å²) in [5.74, 6) is -0.233. The second-order valence-corrected chi connectivity index (χ2v) is 4.32. The van der Waals surface area contributed by atoms with Crippen LogP contribution in [0.1, 0.15) is 15.9 Å². The number of ether oxygens (including phenoxy) is 1. The minimum absolute atomic E-state index is 0.288. The van der Waals surface area contributed by atoms with Crippen molar-refractivity contribution < 1.29 is 19.1 Å². The van der Waals surface area contributed by atoms with Crippen LogP contribution in [0.25, 0.3) is 0 Å². The molecular weight excluding hydrogens is 250 g/mol. The van der Waals surface area contributed by atoms with Gasteiger partial charge in [-0.2, -0.15) is 0 Å². The Morgan fingerprint density at radius 2 is 2.11 bits per heavy atom. The highest BCUT2D eigenvalue weighted by molar-refractivity contribution is 6.08. The summed E-state index contributed by atoms with van der Waals surface area (Å²) in [6.07, 6.45) is -0.946. The number of urea groups is 1. The lowest BCUT2D eigenvalue weighted by Gasteiger charge is -2.20. The molecule has 1 saturated heterocycles. The Kier molecular flexibility index (Phi) is 2.41. The van der Waals surface area contributed by atoms with Gasteiger partial charge in [-0.25, -0.2) is 4.79 Å². The Labute approximate surface area is 108 Å². The molecule has 1 aromatic rings. The summed E-state index contributed by atoms with van der Waals surface area (Å²) in [5, 5.41) is 4.52. The largest absolute Gasteiger partial charge is 0.497 e. The van der Waals surface area contributed by atoms with Gasteiger partial charge in [0.05, 0.1) is 7.11 Å². The molecule has 0 radical (unpaired) electrons. The molecule has 2 heterocycles. The maximum atomic E-state index is 12.2. The zero-order chi connectivity index (χ0) is 13.6. The van der Waals surface area contributed by atoms with E-state index >= 15 is 0 Å². The zero-order valence-electron chi connectivity index (χ0n) is 10.1. The van der Waals surface area contributed by atoms with E-state index in [2.05, 4.69) is 10.6 Å². The van der Waals surface area contributed by atoms with Crippen molar-refractivity contribution >= 4 is 17.8 Å². The van der Waals surface area contributed by atoms with Gasteiger partial charge in [-0.3, -0.25) is 14.9 Å². The van der Waals surface area contributed by atoms with E-state index in [-0.39, 0.29) is 12.5 Å². The van der Waals surface area contributed by atoms with Crippen LogP contribution < -0.4 is 15.4 Å². The van der Waals surface area contributed by atoms with Crippen LogP contribution >= 0.6 is 0 Å². The summed E-state index contributed by atoms with van der Waals surface area (Å²) in [6.45, 7) is 0.288. The Balaban J connectivity index is 1.91. The molecule has 98 valence electrons. The van der Waals surface area contributed by atoms with Crippen molar-refractivity contribution in [3.63, 3.8) is 0 Å². The molecule has 0 bridgehead atoms. The van der Waals surface area contributed by atoms with Gasteiger partial charge in [0.2, 0.25) is 0 Å². The topological polar surface area (TPSA) is 87.7 Å². The summed E-state index contributed by atoms with van der Waals surface area (Å²) in [5.41, 5.74) is 1.30. The Bertz CT molecular complexity index is 599. The van der Waals surface area contributed by atoms with Gasteiger partial charge in [0.15, 0.2) is 6.17 Å². The van der Waals surface area contributed by atoms with Gasteiger partial charge in [0, 0.05) is 12.1 Å². The monoisotopic (exact) mass is 261 g/mol. The smallest absolute Gasteiger partial charge is 0.323 e. The van der Waals surface area contributed by atoms with Crippen molar-refractivity contribution in [3.8, 4) is 5.75 Å². The van der Waals surface area contributed by atoms with E-state index in [1.165, 1.54) is 12.0 Å². The fourth-order valence-corrected chi connectivity index (χ4v) is 2.26. The highest BCUT2D eigenvalue weighted by Crippen LogP contribution is 2.28. The Morgan fingerprint density at radius 1 is 1.32 bits per heavy atom. The summed E-state index contributed by atoms with van der Waals surface area (Å²) in [7, 11) is 1.52. The van der Waals surface area contributed by atoms with Gasteiger partial charge < -0.3 is 15.0 Å². The molecular formula is C12H11N3O4. The standard InChI is InChI=1S/C12H11N3O4/c1-19-7-3-2-6-5-15(11(17)8(6)4-7)9-10(16)14-12(18)13-9/h2-4,9H,5H2,1H3,(H2,13,14,16,18). The molecule has 1 atom stereocenters. The van der Waals surface area contributed by atoms with Crippen molar-refractivity contribution in [2.75, 3.05) is 7.11 Å². The number of nitrogens with zero attached hydrogens (tertiary/aromatic N) is 1. The molecule has 2 aliphatic heterocycles. The van der Waals surface area contributed by atoms with Crippen molar-refractivity contribution in [3.05, 3.63) is 29.3 Å². The highest BCUT2D eigenvalue weighted by Gasteiger charge is 2.41. The molecule has 4 amide bonds. The lowest BCUT2D eigenvalue weighted by Crippen LogP contribution is -2.46. The first-order valence-electron chi connectivity index (χ1n) is 5.69. The van der Waals surface area contributed by atoms with Crippen LogP contribution in [0.4, 0.5) is 4.79 Å².